The SMILES string of the molecule is C[C@@H](CC[C@H]1CCCO1)NC(=O)c1ccc2nc[nH]c2c1. The second-order valence-corrected chi connectivity index (χ2v) is 5.72. The molecule has 0 unspecified atom stereocenters. The fourth-order valence-corrected chi connectivity index (χ4v) is 2.76. The molecule has 1 aliphatic rings. The highest BCUT2D eigenvalue weighted by molar-refractivity contribution is 5.97. The lowest BCUT2D eigenvalue weighted by molar-refractivity contribution is 0.0899. The van der Waals surface area contributed by atoms with Gasteiger partial charge in [-0.2, -0.15) is 0 Å². The molecule has 0 saturated carbocycles. The van der Waals surface area contributed by atoms with Gasteiger partial charge in [0.15, 0.2) is 0 Å². The molecule has 2 heterocycles. The van der Waals surface area contributed by atoms with E-state index < -0.39 is 0 Å². The van der Waals surface area contributed by atoms with Gasteiger partial charge in [-0.1, -0.05) is 0 Å². The van der Waals surface area contributed by atoms with Gasteiger partial charge >= 0.3 is 0 Å². The van der Waals surface area contributed by atoms with Crippen LogP contribution in [0.2, 0.25) is 0 Å². The van der Waals surface area contributed by atoms with Crippen LogP contribution in [0, 0.1) is 0 Å². The third kappa shape index (κ3) is 3.42. The van der Waals surface area contributed by atoms with Gasteiger partial charge in [0.2, 0.25) is 0 Å². The molecule has 2 N–H and O–H groups in total. The number of ether oxygens (including phenoxy) is 1. The van der Waals surface area contributed by atoms with Crippen molar-refractivity contribution in [2.45, 2.75) is 44.8 Å². The molecule has 1 aromatic heterocycles. The smallest absolute Gasteiger partial charge is 0.251 e. The summed E-state index contributed by atoms with van der Waals surface area (Å²) in [7, 11) is 0. The lowest BCUT2D eigenvalue weighted by atomic mass is 10.1. The van der Waals surface area contributed by atoms with Gasteiger partial charge in [-0.15, -0.1) is 0 Å². The Morgan fingerprint density at radius 3 is 3.29 bits per heavy atom. The van der Waals surface area contributed by atoms with Crippen LogP contribution in [0.3, 0.4) is 0 Å². The normalized spacial score (nSPS) is 19.8. The summed E-state index contributed by atoms with van der Waals surface area (Å²) in [6.07, 6.45) is 6.29. The first-order valence-electron chi connectivity index (χ1n) is 7.58. The van der Waals surface area contributed by atoms with Crippen molar-refractivity contribution < 1.29 is 9.53 Å². The topological polar surface area (TPSA) is 67.0 Å². The third-order valence-electron chi connectivity index (χ3n) is 4.01. The summed E-state index contributed by atoms with van der Waals surface area (Å²) < 4.78 is 5.61. The van der Waals surface area contributed by atoms with Gasteiger partial charge < -0.3 is 15.0 Å². The highest BCUT2D eigenvalue weighted by Crippen LogP contribution is 2.18. The van der Waals surface area contributed by atoms with Crippen molar-refractivity contribution in [2.24, 2.45) is 0 Å². The number of amides is 1. The Hall–Kier alpha value is -1.88. The number of imidazole rings is 1. The zero-order valence-corrected chi connectivity index (χ0v) is 12.3. The number of carbonyl (C=O) groups excluding carboxylic acids is 1. The summed E-state index contributed by atoms with van der Waals surface area (Å²) in [5, 5.41) is 3.05. The maximum Gasteiger partial charge on any atom is 0.251 e. The van der Waals surface area contributed by atoms with Crippen LogP contribution in [0.25, 0.3) is 11.0 Å². The molecule has 0 bridgehead atoms. The van der Waals surface area contributed by atoms with Crippen LogP contribution in [0.5, 0.6) is 0 Å². The summed E-state index contributed by atoms with van der Waals surface area (Å²) in [5.41, 5.74) is 2.42. The van der Waals surface area contributed by atoms with Gasteiger partial charge in [-0.3, -0.25) is 4.79 Å². The number of rotatable bonds is 5. The average molecular weight is 287 g/mol. The molecule has 1 amide bonds. The molecular weight excluding hydrogens is 266 g/mol. The predicted octanol–water partition coefficient (Wildman–Crippen LogP) is 2.64. The summed E-state index contributed by atoms with van der Waals surface area (Å²) in [6, 6.07) is 5.66. The van der Waals surface area contributed by atoms with Crippen LogP contribution < -0.4 is 5.32 Å². The van der Waals surface area contributed by atoms with Crippen LogP contribution in [-0.2, 0) is 4.74 Å². The number of nitrogens with zero attached hydrogens (tertiary/aromatic N) is 1. The van der Waals surface area contributed by atoms with Crippen molar-refractivity contribution in [2.75, 3.05) is 6.61 Å². The van der Waals surface area contributed by atoms with Crippen molar-refractivity contribution in [3.63, 3.8) is 0 Å². The number of H-pyrrole nitrogens is 1. The summed E-state index contributed by atoms with van der Waals surface area (Å²) >= 11 is 0. The lowest BCUT2D eigenvalue weighted by Crippen LogP contribution is -2.33. The van der Waals surface area contributed by atoms with E-state index >= 15 is 0 Å². The number of hydrogen-bond donors (Lipinski definition) is 2. The molecule has 0 aliphatic carbocycles. The Balaban J connectivity index is 1.54. The number of aromatic amines is 1. The Morgan fingerprint density at radius 1 is 1.57 bits per heavy atom. The molecule has 2 aromatic rings. The number of benzene rings is 1. The van der Waals surface area contributed by atoms with Crippen molar-refractivity contribution in [3.8, 4) is 0 Å². The van der Waals surface area contributed by atoms with Crippen molar-refractivity contribution in [3.05, 3.63) is 30.1 Å². The van der Waals surface area contributed by atoms with Crippen molar-refractivity contribution in [1.29, 1.82) is 0 Å². The van der Waals surface area contributed by atoms with E-state index in [4.69, 9.17) is 4.74 Å². The standard InChI is InChI=1S/C16H21N3O2/c1-11(4-6-13-3-2-8-21-13)19-16(20)12-5-7-14-15(9-12)18-10-17-14/h5,7,9-11,13H,2-4,6,8H2,1H3,(H,17,18)(H,19,20)/t11-,13+/m0/s1. The van der Waals surface area contributed by atoms with E-state index in [1.807, 2.05) is 25.1 Å². The maximum atomic E-state index is 12.2. The largest absolute Gasteiger partial charge is 0.378 e. The average Bonchev–Trinajstić information content (AvgIpc) is 3.15. The first-order valence-corrected chi connectivity index (χ1v) is 7.58. The van der Waals surface area contributed by atoms with Gasteiger partial charge in [0.1, 0.15) is 0 Å². The summed E-state index contributed by atoms with van der Waals surface area (Å²) in [6.45, 7) is 2.93. The monoisotopic (exact) mass is 287 g/mol. The van der Waals surface area contributed by atoms with Crippen molar-refractivity contribution in [1.82, 2.24) is 15.3 Å². The maximum absolute atomic E-state index is 12.2. The Labute approximate surface area is 124 Å². The Morgan fingerprint density at radius 2 is 2.48 bits per heavy atom. The number of hydrogen-bond acceptors (Lipinski definition) is 3. The van der Waals surface area contributed by atoms with Crippen LogP contribution in [-0.4, -0.2) is 34.6 Å². The second kappa shape index (κ2) is 6.26. The van der Waals surface area contributed by atoms with E-state index in [1.165, 1.54) is 0 Å². The highest BCUT2D eigenvalue weighted by Gasteiger charge is 2.17. The summed E-state index contributed by atoms with van der Waals surface area (Å²) in [4.78, 5) is 19.4. The molecule has 5 heteroatoms. The molecule has 2 atom stereocenters. The molecule has 5 nitrogen and oxygen atoms in total. The molecule has 3 rings (SSSR count). The minimum Gasteiger partial charge on any atom is -0.378 e. The number of nitrogens with one attached hydrogen (secondary N) is 2. The Bertz CT molecular complexity index is 617. The fourth-order valence-electron chi connectivity index (χ4n) is 2.76. The molecule has 112 valence electrons. The van der Waals surface area contributed by atoms with E-state index in [0.717, 1.165) is 43.3 Å². The molecule has 1 aliphatic heterocycles. The highest BCUT2D eigenvalue weighted by atomic mass is 16.5. The van der Waals surface area contributed by atoms with Crippen LogP contribution >= 0.6 is 0 Å². The molecule has 0 spiro atoms. The zero-order valence-electron chi connectivity index (χ0n) is 12.3. The molecule has 1 fully saturated rings. The van der Waals surface area contributed by atoms with Crippen molar-refractivity contribution >= 4 is 16.9 Å². The number of fused-ring (bicyclic) bond motifs is 1. The molecule has 0 radical (unpaired) electrons. The zero-order chi connectivity index (χ0) is 14.7. The molecule has 21 heavy (non-hydrogen) atoms. The van der Waals surface area contributed by atoms with Crippen LogP contribution in [0.4, 0.5) is 0 Å². The lowest BCUT2D eigenvalue weighted by Gasteiger charge is -2.16. The predicted molar refractivity (Wildman–Crippen MR) is 81.2 cm³/mol. The van der Waals surface area contributed by atoms with E-state index in [1.54, 1.807) is 6.33 Å². The Kier molecular flexibility index (Phi) is 4.20. The third-order valence-corrected chi connectivity index (χ3v) is 4.01. The summed E-state index contributed by atoms with van der Waals surface area (Å²) in [5.74, 6) is -0.0358. The first kappa shape index (κ1) is 14.1. The van der Waals surface area contributed by atoms with Gasteiger partial charge in [-0.05, 0) is 50.8 Å². The number of carbonyl (C=O) groups is 1. The molecular formula is C16H21N3O2. The van der Waals surface area contributed by atoms with Gasteiger partial charge in [0.25, 0.3) is 5.91 Å². The van der Waals surface area contributed by atoms with Crippen LogP contribution in [0.15, 0.2) is 24.5 Å². The molecule has 1 saturated heterocycles. The van der Waals surface area contributed by atoms with E-state index in [0.29, 0.717) is 11.7 Å². The van der Waals surface area contributed by atoms with Gasteiger partial charge in [-0.25, -0.2) is 4.98 Å². The quantitative estimate of drug-likeness (QED) is 0.888. The van der Waals surface area contributed by atoms with E-state index in [9.17, 15) is 4.79 Å². The molecule has 1 aromatic carbocycles. The van der Waals surface area contributed by atoms with E-state index in [2.05, 4.69) is 15.3 Å². The minimum atomic E-state index is -0.0358. The van der Waals surface area contributed by atoms with E-state index in [-0.39, 0.29) is 11.9 Å². The van der Waals surface area contributed by atoms with Gasteiger partial charge in [0, 0.05) is 18.2 Å². The van der Waals surface area contributed by atoms with Gasteiger partial charge in [0.05, 0.1) is 23.5 Å². The second-order valence-electron chi connectivity index (χ2n) is 5.72. The minimum absolute atomic E-state index is 0.0358. The fraction of sp³-hybridized carbons (Fsp3) is 0.500. The van der Waals surface area contributed by atoms with Crippen LogP contribution in [0.1, 0.15) is 43.0 Å². The first-order chi connectivity index (χ1) is 10.2. The number of aromatic nitrogens is 2.